The average molecular weight is 549 g/mol. The monoisotopic (exact) mass is 548 g/mol. The Morgan fingerprint density at radius 2 is 1.34 bits per heavy atom. The zero-order valence-corrected chi connectivity index (χ0v) is 22.2. The minimum Gasteiger partial charge on any atom is -0.444 e. The molecule has 2 aromatic heterocycles. The van der Waals surface area contributed by atoms with Crippen LogP contribution >= 0.6 is 38.6 Å². The molecule has 4 N–H and O–H groups in total. The van der Waals surface area contributed by atoms with Gasteiger partial charge in [-0.1, -0.05) is 0 Å². The fourth-order valence-electron chi connectivity index (χ4n) is 2.13. The van der Waals surface area contributed by atoms with E-state index in [1.807, 2.05) is 32.2 Å². The Morgan fingerprint density at radius 3 is 1.75 bits per heavy atom. The summed E-state index contributed by atoms with van der Waals surface area (Å²) >= 11 is 6.23. The largest absolute Gasteiger partial charge is 0.499 e. The topological polar surface area (TPSA) is 117 Å². The highest BCUT2D eigenvalue weighted by atomic mass is 79.9. The van der Waals surface area contributed by atoms with Gasteiger partial charge in [0.15, 0.2) is 0 Å². The highest BCUT2D eigenvalue weighted by Gasteiger charge is 2.20. The van der Waals surface area contributed by atoms with Crippen molar-refractivity contribution >= 4 is 62.7 Å². The summed E-state index contributed by atoms with van der Waals surface area (Å²) in [5, 5.41) is 27.1. The number of halogens is 1. The fraction of sp³-hybridized carbons (Fsp3) is 0.500. The number of nitrogens with one attached hydrogen (secondary N) is 2. The van der Waals surface area contributed by atoms with E-state index in [9.17, 15) is 9.59 Å². The normalized spacial score (nSPS) is 11.2. The van der Waals surface area contributed by atoms with Gasteiger partial charge in [0.1, 0.15) is 11.2 Å². The van der Waals surface area contributed by atoms with Gasteiger partial charge < -0.3 is 30.2 Å². The third-order valence-corrected chi connectivity index (χ3v) is 6.16. The minimum atomic E-state index is -1.51. The Labute approximate surface area is 205 Å². The van der Waals surface area contributed by atoms with Gasteiger partial charge in [-0.3, -0.25) is 0 Å². The maximum Gasteiger partial charge on any atom is 0.499 e. The van der Waals surface area contributed by atoms with Gasteiger partial charge in [-0.05, 0) is 91.5 Å². The van der Waals surface area contributed by atoms with Crippen LogP contribution in [-0.4, -0.2) is 40.6 Å². The van der Waals surface area contributed by atoms with Gasteiger partial charge >= 0.3 is 19.3 Å². The molecule has 0 radical (unpaired) electrons. The van der Waals surface area contributed by atoms with E-state index in [1.165, 1.54) is 11.3 Å². The maximum absolute atomic E-state index is 11.4. The van der Waals surface area contributed by atoms with Crippen molar-refractivity contribution in [2.24, 2.45) is 0 Å². The van der Waals surface area contributed by atoms with Crippen molar-refractivity contribution in [1.29, 1.82) is 0 Å². The van der Waals surface area contributed by atoms with E-state index in [2.05, 4.69) is 26.6 Å². The van der Waals surface area contributed by atoms with Crippen molar-refractivity contribution in [1.82, 2.24) is 10.6 Å². The van der Waals surface area contributed by atoms with Crippen LogP contribution in [0.2, 0.25) is 0 Å². The third kappa shape index (κ3) is 11.9. The number of rotatable bonds is 5. The molecule has 0 bridgehead atoms. The fourth-order valence-corrected chi connectivity index (χ4v) is 4.16. The van der Waals surface area contributed by atoms with E-state index in [1.54, 1.807) is 43.6 Å². The second kappa shape index (κ2) is 12.6. The number of thiophene rings is 2. The predicted octanol–water partition coefficient (Wildman–Crippen LogP) is 3.99. The van der Waals surface area contributed by atoms with Crippen LogP contribution in [0.3, 0.4) is 0 Å². The van der Waals surface area contributed by atoms with Gasteiger partial charge in [-0.15, -0.1) is 11.3 Å². The Morgan fingerprint density at radius 1 is 0.906 bits per heavy atom. The molecular formula is C20H30BBrN2O6S2. The molecule has 0 fully saturated rings. The van der Waals surface area contributed by atoms with Crippen molar-refractivity contribution < 1.29 is 29.1 Å². The number of hydrogen-bond donors (Lipinski definition) is 4. The Hall–Kier alpha value is -1.60. The number of ether oxygens (including phenoxy) is 2. The lowest BCUT2D eigenvalue weighted by Gasteiger charge is -2.19. The molecule has 0 aliphatic heterocycles. The number of alkyl carbamates (subject to hydrolysis) is 2. The molecule has 32 heavy (non-hydrogen) atoms. The first-order chi connectivity index (χ1) is 14.7. The highest BCUT2D eigenvalue weighted by Crippen LogP contribution is 2.23. The van der Waals surface area contributed by atoms with Gasteiger partial charge in [0, 0.05) is 17.9 Å². The molecule has 0 aliphatic rings. The molecule has 12 heteroatoms. The van der Waals surface area contributed by atoms with E-state index in [4.69, 9.17) is 19.5 Å². The number of hydrogen-bond acceptors (Lipinski definition) is 8. The quantitative estimate of drug-likeness (QED) is 0.420. The summed E-state index contributed by atoms with van der Waals surface area (Å²) in [7, 11) is -1.51. The van der Waals surface area contributed by atoms with E-state index in [-0.39, 0.29) is 12.6 Å². The number of amides is 2. The van der Waals surface area contributed by atoms with Gasteiger partial charge in [-0.25, -0.2) is 9.59 Å². The zero-order valence-electron chi connectivity index (χ0n) is 19.0. The molecule has 2 heterocycles. The second-order valence-electron chi connectivity index (χ2n) is 8.61. The third-order valence-electron chi connectivity index (χ3n) is 3.35. The summed E-state index contributed by atoms with van der Waals surface area (Å²) < 4.78 is 11.7. The molecule has 0 spiro atoms. The molecule has 0 aromatic carbocycles. The van der Waals surface area contributed by atoms with Crippen LogP contribution in [0.25, 0.3) is 0 Å². The second-order valence-corrected chi connectivity index (χ2v) is 11.8. The van der Waals surface area contributed by atoms with Gasteiger partial charge in [0.05, 0.1) is 3.79 Å². The van der Waals surface area contributed by atoms with Gasteiger partial charge in [0.2, 0.25) is 0 Å². The Bertz CT molecular complexity index is 874. The molecule has 8 nitrogen and oxygen atoms in total. The van der Waals surface area contributed by atoms with Crippen LogP contribution < -0.4 is 15.4 Å². The van der Waals surface area contributed by atoms with E-state index in [0.29, 0.717) is 16.9 Å². The van der Waals surface area contributed by atoms with E-state index < -0.39 is 24.4 Å². The van der Waals surface area contributed by atoms with Crippen molar-refractivity contribution in [3.63, 3.8) is 0 Å². The predicted molar refractivity (Wildman–Crippen MR) is 132 cm³/mol. The summed E-state index contributed by atoms with van der Waals surface area (Å²) in [6.45, 7) is 11.6. The van der Waals surface area contributed by atoms with Crippen LogP contribution in [0.5, 0.6) is 0 Å². The van der Waals surface area contributed by atoms with Crippen molar-refractivity contribution in [2.75, 3.05) is 0 Å². The molecule has 2 amide bonds. The molecule has 0 aliphatic carbocycles. The highest BCUT2D eigenvalue weighted by molar-refractivity contribution is 9.11. The van der Waals surface area contributed by atoms with Crippen molar-refractivity contribution in [3.05, 3.63) is 37.8 Å². The van der Waals surface area contributed by atoms with Crippen LogP contribution in [0, 0.1) is 0 Å². The molecule has 0 atom stereocenters. The standard InChI is InChI=1S/C10H16BNO4S.C10H14BrNO2S/c1-10(2,3)16-9(13)12-6-7-4-5-17-8(7)11(14)15;1-10(2,3)14-9(13)12-6-7-4-5-15-8(7)11/h4-5,14-15H,6H2,1-3H3,(H,12,13);4-5H,6H2,1-3H3,(H,12,13). The Balaban J connectivity index is 0.000000323. The zero-order chi connectivity index (χ0) is 24.5. The minimum absolute atomic E-state index is 0.214. The molecule has 2 rings (SSSR count). The summed E-state index contributed by atoms with van der Waals surface area (Å²) in [5.41, 5.74) is 0.746. The molecule has 0 saturated carbocycles. The van der Waals surface area contributed by atoms with Crippen LogP contribution in [0.1, 0.15) is 52.7 Å². The van der Waals surface area contributed by atoms with Crippen molar-refractivity contribution in [2.45, 2.75) is 65.8 Å². The molecule has 0 unspecified atom stereocenters. The number of carbonyl (C=O) groups is 2. The lowest BCUT2D eigenvalue weighted by Crippen LogP contribution is -2.35. The van der Waals surface area contributed by atoms with Gasteiger partial charge in [-0.2, -0.15) is 11.3 Å². The first-order valence-corrected chi connectivity index (χ1v) is 12.3. The van der Waals surface area contributed by atoms with E-state index >= 15 is 0 Å². The first kappa shape index (κ1) is 28.4. The summed E-state index contributed by atoms with van der Waals surface area (Å²) in [6.07, 6.45) is -0.914. The Kier molecular flexibility index (Phi) is 11.2. The smallest absolute Gasteiger partial charge is 0.444 e. The first-order valence-electron chi connectivity index (χ1n) is 9.76. The lowest BCUT2D eigenvalue weighted by atomic mass is 9.86. The SMILES string of the molecule is CC(C)(C)OC(=O)NCc1ccsc1B(O)O.CC(C)(C)OC(=O)NCc1ccsc1Br. The van der Waals surface area contributed by atoms with Gasteiger partial charge in [0.25, 0.3) is 0 Å². The summed E-state index contributed by atoms with van der Waals surface area (Å²) in [6, 6.07) is 3.70. The molecule has 0 saturated heterocycles. The molecule has 178 valence electrons. The summed E-state index contributed by atoms with van der Waals surface area (Å²) in [5.74, 6) is 0. The summed E-state index contributed by atoms with van der Waals surface area (Å²) in [4.78, 5) is 22.7. The molecular weight excluding hydrogens is 519 g/mol. The van der Waals surface area contributed by atoms with Crippen LogP contribution in [0.4, 0.5) is 9.59 Å². The van der Waals surface area contributed by atoms with Crippen LogP contribution in [-0.2, 0) is 22.6 Å². The lowest BCUT2D eigenvalue weighted by molar-refractivity contribution is 0.0512. The maximum atomic E-state index is 11.4. The van der Waals surface area contributed by atoms with E-state index in [0.717, 1.165) is 9.35 Å². The van der Waals surface area contributed by atoms with Crippen LogP contribution in [0.15, 0.2) is 26.7 Å². The number of carbonyl (C=O) groups excluding carboxylic acids is 2. The average Bonchev–Trinajstić information content (AvgIpc) is 3.24. The molecule has 2 aromatic rings. The van der Waals surface area contributed by atoms with Crippen molar-refractivity contribution in [3.8, 4) is 0 Å².